The summed E-state index contributed by atoms with van der Waals surface area (Å²) in [5.74, 6) is -1.09. The third kappa shape index (κ3) is 3.64. The van der Waals surface area contributed by atoms with Crippen LogP contribution in [0.5, 0.6) is 5.06 Å². The number of carbonyl (C=O) groups excluding carboxylic acids is 1. The number of halogens is 3. The van der Waals surface area contributed by atoms with Gasteiger partial charge in [0.1, 0.15) is 5.76 Å². The summed E-state index contributed by atoms with van der Waals surface area (Å²) in [6.45, 7) is -1.34. The van der Waals surface area contributed by atoms with Crippen molar-refractivity contribution >= 4 is 34.8 Å². The first-order valence-corrected chi connectivity index (χ1v) is 9.43. The van der Waals surface area contributed by atoms with Gasteiger partial charge in [-0.15, -0.1) is 11.3 Å². The fraction of sp³-hybridized carbons (Fsp3) is 0.333. The SMILES string of the molecule is COC1=CCC2C(=C1Cl)C(CC(=O)O)=C(C)N2C(=O)c1csc(OC(F)F)c1. The van der Waals surface area contributed by atoms with Crippen LogP contribution in [-0.4, -0.2) is 41.6 Å². The van der Waals surface area contributed by atoms with E-state index in [1.807, 2.05) is 0 Å². The van der Waals surface area contributed by atoms with Gasteiger partial charge in [0.25, 0.3) is 5.91 Å². The molecule has 1 aliphatic carbocycles. The molecule has 1 atom stereocenters. The summed E-state index contributed by atoms with van der Waals surface area (Å²) >= 11 is 7.31. The number of allylic oxidation sites excluding steroid dienone is 2. The molecule has 1 aliphatic heterocycles. The fourth-order valence-corrected chi connectivity index (χ4v) is 4.54. The number of rotatable bonds is 6. The van der Waals surface area contributed by atoms with Gasteiger partial charge in [-0.05, 0) is 25.0 Å². The first-order valence-electron chi connectivity index (χ1n) is 8.17. The first-order chi connectivity index (χ1) is 13.2. The molecule has 6 nitrogen and oxygen atoms in total. The number of carbonyl (C=O) groups is 2. The Morgan fingerprint density at radius 3 is 2.79 bits per heavy atom. The van der Waals surface area contributed by atoms with E-state index in [2.05, 4.69) is 4.74 Å². The second-order valence-electron chi connectivity index (χ2n) is 6.09. The Hall–Kier alpha value is -2.39. The second-order valence-corrected chi connectivity index (χ2v) is 7.35. The molecule has 10 heteroatoms. The van der Waals surface area contributed by atoms with Crippen LogP contribution in [0.3, 0.4) is 0 Å². The Kier molecular flexibility index (Phi) is 5.76. The molecular formula is C18H16ClF2NO5S. The summed E-state index contributed by atoms with van der Waals surface area (Å²) in [5, 5.41) is 10.9. The predicted molar refractivity (Wildman–Crippen MR) is 98.4 cm³/mol. The molecule has 2 heterocycles. The van der Waals surface area contributed by atoms with Crippen molar-refractivity contribution in [2.45, 2.75) is 32.4 Å². The highest BCUT2D eigenvalue weighted by atomic mass is 35.5. The maximum absolute atomic E-state index is 13.1. The minimum Gasteiger partial charge on any atom is -0.496 e. The van der Waals surface area contributed by atoms with Crippen molar-refractivity contribution in [1.29, 1.82) is 0 Å². The van der Waals surface area contributed by atoms with Crippen LogP contribution >= 0.6 is 22.9 Å². The maximum Gasteiger partial charge on any atom is 0.388 e. The molecule has 1 amide bonds. The third-order valence-corrected chi connectivity index (χ3v) is 5.75. The van der Waals surface area contributed by atoms with E-state index in [1.54, 1.807) is 13.0 Å². The van der Waals surface area contributed by atoms with E-state index in [9.17, 15) is 23.5 Å². The standard InChI is InChI=1S/C18H16ClF2NO5S/c1-8-10(6-13(23)24)15-11(3-4-12(26-2)16(15)19)22(8)17(25)9-5-14(28-7-9)27-18(20)21/h4-5,7,11,18H,3,6H2,1-2H3,(H,23,24). The largest absolute Gasteiger partial charge is 0.496 e. The van der Waals surface area contributed by atoms with Crippen LogP contribution in [-0.2, 0) is 9.53 Å². The lowest BCUT2D eigenvalue weighted by Crippen LogP contribution is -2.36. The molecule has 0 saturated carbocycles. The molecule has 2 aliphatic rings. The topological polar surface area (TPSA) is 76.1 Å². The van der Waals surface area contributed by atoms with Crippen molar-refractivity contribution in [3.63, 3.8) is 0 Å². The molecule has 0 saturated heterocycles. The highest BCUT2D eigenvalue weighted by Crippen LogP contribution is 2.45. The van der Waals surface area contributed by atoms with Crippen LogP contribution in [0, 0.1) is 0 Å². The molecule has 1 unspecified atom stereocenters. The van der Waals surface area contributed by atoms with E-state index in [0.29, 0.717) is 29.0 Å². The number of fused-ring (bicyclic) bond motifs is 1. The Labute approximate surface area is 168 Å². The summed E-state index contributed by atoms with van der Waals surface area (Å²) in [4.78, 5) is 25.9. The summed E-state index contributed by atoms with van der Waals surface area (Å²) in [6, 6.07) is 0.749. The number of nitrogens with zero attached hydrogens (tertiary/aromatic N) is 1. The highest BCUT2D eigenvalue weighted by molar-refractivity contribution is 7.12. The summed E-state index contributed by atoms with van der Waals surface area (Å²) in [6.07, 6.45) is 1.80. The fourth-order valence-electron chi connectivity index (χ4n) is 3.41. The van der Waals surface area contributed by atoms with Gasteiger partial charge in [0.2, 0.25) is 0 Å². The van der Waals surface area contributed by atoms with Crippen molar-refractivity contribution < 1.29 is 33.0 Å². The lowest BCUT2D eigenvalue weighted by Gasteiger charge is -2.29. The summed E-state index contributed by atoms with van der Waals surface area (Å²) in [7, 11) is 1.45. The minimum atomic E-state index is -2.98. The normalized spacial score (nSPS) is 19.1. The average Bonchev–Trinajstić information content (AvgIpc) is 3.18. The molecule has 0 radical (unpaired) electrons. The number of hydrogen-bond acceptors (Lipinski definition) is 5. The number of hydrogen-bond donors (Lipinski definition) is 1. The van der Waals surface area contributed by atoms with Crippen LogP contribution in [0.25, 0.3) is 0 Å². The molecule has 0 spiro atoms. The smallest absolute Gasteiger partial charge is 0.388 e. The monoisotopic (exact) mass is 431 g/mol. The molecular weight excluding hydrogens is 416 g/mol. The van der Waals surface area contributed by atoms with Gasteiger partial charge in [-0.2, -0.15) is 8.78 Å². The van der Waals surface area contributed by atoms with Gasteiger partial charge in [-0.1, -0.05) is 11.6 Å². The molecule has 150 valence electrons. The van der Waals surface area contributed by atoms with Crippen molar-refractivity contribution in [2.75, 3.05) is 7.11 Å². The van der Waals surface area contributed by atoms with Crippen molar-refractivity contribution in [1.82, 2.24) is 4.90 Å². The number of amides is 1. The summed E-state index contributed by atoms with van der Waals surface area (Å²) in [5.41, 5.74) is 1.61. The molecule has 0 bridgehead atoms. The van der Waals surface area contributed by atoms with E-state index in [-0.39, 0.29) is 22.1 Å². The number of thiophene rings is 1. The van der Waals surface area contributed by atoms with Gasteiger partial charge in [0, 0.05) is 22.7 Å². The number of aliphatic carboxylic acids is 1. The number of carboxylic acid groups (broad SMARTS) is 1. The van der Waals surface area contributed by atoms with Crippen molar-refractivity contribution in [3.05, 3.63) is 50.7 Å². The average molecular weight is 432 g/mol. The zero-order valence-electron chi connectivity index (χ0n) is 14.9. The Morgan fingerprint density at radius 2 is 2.18 bits per heavy atom. The lowest BCUT2D eigenvalue weighted by molar-refractivity contribution is -0.136. The van der Waals surface area contributed by atoms with Crippen LogP contribution in [0.1, 0.15) is 30.1 Å². The van der Waals surface area contributed by atoms with Crippen molar-refractivity contribution in [3.8, 4) is 5.06 Å². The van der Waals surface area contributed by atoms with Gasteiger partial charge >= 0.3 is 12.6 Å². The third-order valence-electron chi connectivity index (χ3n) is 4.54. The van der Waals surface area contributed by atoms with E-state index in [4.69, 9.17) is 16.3 Å². The Morgan fingerprint density at radius 1 is 1.46 bits per heavy atom. The van der Waals surface area contributed by atoms with Crippen LogP contribution in [0.15, 0.2) is 45.2 Å². The molecule has 1 aromatic heterocycles. The second kappa shape index (κ2) is 7.92. The zero-order chi connectivity index (χ0) is 20.6. The number of carboxylic acids is 1. The molecule has 0 aromatic carbocycles. The molecule has 1 aromatic rings. The quantitative estimate of drug-likeness (QED) is 0.724. The maximum atomic E-state index is 13.1. The Balaban J connectivity index is 2.00. The minimum absolute atomic E-state index is 0.0797. The van der Waals surface area contributed by atoms with Crippen LogP contribution in [0.4, 0.5) is 8.78 Å². The van der Waals surface area contributed by atoms with Gasteiger partial charge in [0.05, 0.1) is 30.2 Å². The van der Waals surface area contributed by atoms with E-state index < -0.39 is 24.5 Å². The van der Waals surface area contributed by atoms with Crippen LogP contribution < -0.4 is 4.74 Å². The number of alkyl halides is 2. The van der Waals surface area contributed by atoms with Gasteiger partial charge < -0.3 is 19.5 Å². The first kappa shape index (κ1) is 20.3. The number of ether oxygens (including phenoxy) is 2. The molecule has 28 heavy (non-hydrogen) atoms. The molecule has 3 rings (SSSR count). The highest BCUT2D eigenvalue weighted by Gasteiger charge is 2.42. The summed E-state index contributed by atoms with van der Waals surface area (Å²) < 4.78 is 34.3. The van der Waals surface area contributed by atoms with E-state index >= 15 is 0 Å². The van der Waals surface area contributed by atoms with Crippen molar-refractivity contribution in [2.24, 2.45) is 0 Å². The molecule has 1 N–H and O–H groups in total. The lowest BCUT2D eigenvalue weighted by atomic mass is 9.92. The van der Waals surface area contributed by atoms with Crippen LogP contribution in [0.2, 0.25) is 0 Å². The van der Waals surface area contributed by atoms with Gasteiger partial charge in [0.15, 0.2) is 5.06 Å². The zero-order valence-corrected chi connectivity index (χ0v) is 16.4. The number of methoxy groups -OCH3 is 1. The van der Waals surface area contributed by atoms with Gasteiger partial charge in [-0.3, -0.25) is 9.59 Å². The molecule has 0 fully saturated rings. The van der Waals surface area contributed by atoms with Gasteiger partial charge in [-0.25, -0.2) is 0 Å². The van der Waals surface area contributed by atoms with E-state index in [0.717, 1.165) is 11.3 Å². The predicted octanol–water partition coefficient (Wildman–Crippen LogP) is 4.35. The van der Waals surface area contributed by atoms with E-state index in [1.165, 1.54) is 23.5 Å². The Bertz CT molecular complexity index is 921.